The van der Waals surface area contributed by atoms with Crippen molar-refractivity contribution in [2.24, 2.45) is 0 Å². The van der Waals surface area contributed by atoms with Crippen LogP contribution in [0.5, 0.6) is 5.75 Å². The lowest BCUT2D eigenvalue weighted by molar-refractivity contribution is -0.126. The Bertz CT molecular complexity index is 812. The number of anilines is 1. The highest BCUT2D eigenvalue weighted by Gasteiger charge is 2.16. The molecule has 26 heavy (non-hydrogen) atoms. The van der Waals surface area contributed by atoms with Gasteiger partial charge in [0, 0.05) is 6.54 Å². The average molecular weight is 366 g/mol. The molecular weight excluding hydrogens is 349 g/mol. The number of carbonyl (C=O) groups is 2. The van der Waals surface area contributed by atoms with Gasteiger partial charge in [0.1, 0.15) is 12.2 Å². The van der Waals surface area contributed by atoms with E-state index in [1.165, 1.54) is 0 Å². The van der Waals surface area contributed by atoms with Crippen molar-refractivity contribution in [3.8, 4) is 5.75 Å². The third-order valence-electron chi connectivity index (χ3n) is 3.50. The molecule has 2 N–H and O–H groups in total. The third kappa shape index (κ3) is 5.23. The number of carbonyl (C=O) groups excluding carboxylic acids is 2. The summed E-state index contributed by atoms with van der Waals surface area (Å²) in [4.78, 5) is 23.5. The minimum absolute atomic E-state index is 0.290. The zero-order valence-electron chi connectivity index (χ0n) is 13.9. The van der Waals surface area contributed by atoms with Gasteiger partial charge in [0.25, 0.3) is 0 Å². The molecule has 8 heteroatoms. The highest BCUT2D eigenvalue weighted by atomic mass is 19.2. The second-order valence-electron chi connectivity index (χ2n) is 5.40. The van der Waals surface area contributed by atoms with E-state index in [2.05, 4.69) is 5.32 Å². The van der Waals surface area contributed by atoms with Gasteiger partial charge in [0.05, 0.1) is 12.8 Å². The molecule has 5 nitrogen and oxygen atoms in total. The Morgan fingerprint density at radius 1 is 1.04 bits per heavy atom. The maximum atomic E-state index is 13.5. The predicted octanol–water partition coefficient (Wildman–Crippen LogP) is 2.80. The summed E-state index contributed by atoms with van der Waals surface area (Å²) in [6.45, 7) is 0.290. The molecular formula is C18H17F3N2O3. The SMILES string of the molecule is COc1cccc(CCNC(=O)CC(=O)Nc2ccc(F)c(F)c2F)c1. The Morgan fingerprint density at radius 3 is 2.54 bits per heavy atom. The molecule has 0 aromatic heterocycles. The van der Waals surface area contributed by atoms with E-state index >= 15 is 0 Å². The lowest BCUT2D eigenvalue weighted by atomic mass is 10.1. The van der Waals surface area contributed by atoms with E-state index in [1.54, 1.807) is 13.2 Å². The molecule has 0 saturated heterocycles. The molecule has 0 aliphatic rings. The van der Waals surface area contributed by atoms with Crippen LogP contribution in [0, 0.1) is 17.5 Å². The van der Waals surface area contributed by atoms with Crippen LogP contribution in [0.25, 0.3) is 0 Å². The van der Waals surface area contributed by atoms with Gasteiger partial charge < -0.3 is 15.4 Å². The fourth-order valence-corrected chi connectivity index (χ4v) is 2.20. The molecule has 0 bridgehead atoms. The van der Waals surface area contributed by atoms with Crippen molar-refractivity contribution in [1.29, 1.82) is 0 Å². The van der Waals surface area contributed by atoms with Crippen molar-refractivity contribution in [1.82, 2.24) is 5.32 Å². The topological polar surface area (TPSA) is 67.4 Å². The van der Waals surface area contributed by atoms with Gasteiger partial charge in [-0.15, -0.1) is 0 Å². The summed E-state index contributed by atoms with van der Waals surface area (Å²) >= 11 is 0. The molecule has 0 unspecified atom stereocenters. The van der Waals surface area contributed by atoms with Crippen LogP contribution in [-0.4, -0.2) is 25.5 Å². The summed E-state index contributed by atoms with van der Waals surface area (Å²) in [5.41, 5.74) is 0.413. The molecule has 2 rings (SSSR count). The average Bonchev–Trinajstić information content (AvgIpc) is 2.62. The molecule has 0 aliphatic carbocycles. The van der Waals surface area contributed by atoms with E-state index in [1.807, 2.05) is 23.5 Å². The van der Waals surface area contributed by atoms with E-state index in [0.717, 1.165) is 11.6 Å². The number of nitrogens with one attached hydrogen (secondary N) is 2. The molecule has 0 aliphatic heterocycles. The quantitative estimate of drug-likeness (QED) is 0.585. The van der Waals surface area contributed by atoms with Crippen molar-refractivity contribution in [2.75, 3.05) is 19.0 Å². The lowest BCUT2D eigenvalue weighted by Crippen LogP contribution is -2.29. The number of rotatable bonds is 7. The van der Waals surface area contributed by atoms with Gasteiger partial charge in [0.2, 0.25) is 11.8 Å². The van der Waals surface area contributed by atoms with E-state index in [4.69, 9.17) is 4.74 Å². The number of methoxy groups -OCH3 is 1. The van der Waals surface area contributed by atoms with Gasteiger partial charge in [-0.05, 0) is 36.2 Å². The number of amides is 2. The Morgan fingerprint density at radius 2 is 1.81 bits per heavy atom. The summed E-state index contributed by atoms with van der Waals surface area (Å²) in [6.07, 6.45) is -0.0428. The van der Waals surface area contributed by atoms with Crippen LogP contribution in [0.1, 0.15) is 12.0 Å². The first kappa shape index (κ1) is 19.3. The minimum atomic E-state index is -1.69. The van der Waals surface area contributed by atoms with Crippen molar-refractivity contribution in [3.05, 3.63) is 59.4 Å². The summed E-state index contributed by atoms with van der Waals surface area (Å²) < 4.78 is 44.5. The second kappa shape index (κ2) is 8.89. The van der Waals surface area contributed by atoms with Gasteiger partial charge in [-0.1, -0.05) is 12.1 Å². The normalized spacial score (nSPS) is 10.3. The highest BCUT2D eigenvalue weighted by Crippen LogP contribution is 2.19. The van der Waals surface area contributed by atoms with Crippen molar-refractivity contribution in [2.45, 2.75) is 12.8 Å². The van der Waals surface area contributed by atoms with E-state index in [-0.39, 0.29) is 0 Å². The summed E-state index contributed by atoms with van der Waals surface area (Å²) in [7, 11) is 1.55. The van der Waals surface area contributed by atoms with Crippen LogP contribution in [0.3, 0.4) is 0 Å². The second-order valence-corrected chi connectivity index (χ2v) is 5.40. The smallest absolute Gasteiger partial charge is 0.233 e. The Hall–Kier alpha value is -3.03. The van der Waals surface area contributed by atoms with Gasteiger partial charge >= 0.3 is 0 Å². The molecule has 2 aromatic carbocycles. The number of benzene rings is 2. The molecule has 0 radical (unpaired) electrons. The molecule has 2 amide bonds. The number of ether oxygens (including phenoxy) is 1. The monoisotopic (exact) mass is 366 g/mol. The number of hydrogen-bond donors (Lipinski definition) is 2. The van der Waals surface area contributed by atoms with E-state index in [9.17, 15) is 22.8 Å². The van der Waals surface area contributed by atoms with Gasteiger partial charge in [0.15, 0.2) is 17.5 Å². The highest BCUT2D eigenvalue weighted by molar-refractivity contribution is 6.03. The minimum Gasteiger partial charge on any atom is -0.497 e. The van der Waals surface area contributed by atoms with Crippen LogP contribution < -0.4 is 15.4 Å². The van der Waals surface area contributed by atoms with Crippen LogP contribution in [0.4, 0.5) is 18.9 Å². The molecule has 2 aromatic rings. The largest absolute Gasteiger partial charge is 0.497 e. The zero-order valence-corrected chi connectivity index (χ0v) is 13.9. The van der Waals surface area contributed by atoms with Crippen LogP contribution >= 0.6 is 0 Å². The van der Waals surface area contributed by atoms with E-state index in [0.29, 0.717) is 24.8 Å². The van der Waals surface area contributed by atoms with Gasteiger partial charge in [-0.2, -0.15) is 0 Å². The molecule has 0 fully saturated rings. The van der Waals surface area contributed by atoms with Crippen molar-refractivity contribution < 1.29 is 27.5 Å². The standard InChI is InChI=1S/C18H17F3N2O3/c1-26-12-4-2-3-11(9-12)7-8-22-15(24)10-16(25)23-14-6-5-13(19)17(20)18(14)21/h2-6,9H,7-8,10H2,1H3,(H,22,24)(H,23,25). The van der Waals surface area contributed by atoms with Crippen LogP contribution in [0.2, 0.25) is 0 Å². The Labute approximate surface area is 148 Å². The van der Waals surface area contributed by atoms with Crippen LogP contribution in [0.15, 0.2) is 36.4 Å². The summed E-state index contributed by atoms with van der Waals surface area (Å²) in [5.74, 6) is -5.29. The van der Waals surface area contributed by atoms with Gasteiger partial charge in [-0.25, -0.2) is 13.2 Å². The number of halogens is 3. The molecule has 0 spiro atoms. The summed E-state index contributed by atoms with van der Waals surface area (Å²) in [5, 5.41) is 4.59. The number of hydrogen-bond acceptors (Lipinski definition) is 3. The molecule has 0 saturated carbocycles. The maximum absolute atomic E-state index is 13.5. The zero-order chi connectivity index (χ0) is 19.1. The van der Waals surface area contributed by atoms with Gasteiger partial charge in [-0.3, -0.25) is 9.59 Å². The van der Waals surface area contributed by atoms with E-state index < -0.39 is 41.4 Å². The van der Waals surface area contributed by atoms with Crippen molar-refractivity contribution in [3.63, 3.8) is 0 Å². The van der Waals surface area contributed by atoms with Crippen LogP contribution in [-0.2, 0) is 16.0 Å². The first-order valence-corrected chi connectivity index (χ1v) is 7.73. The summed E-state index contributed by atoms with van der Waals surface area (Å²) in [6, 6.07) is 8.87. The fraction of sp³-hybridized carbons (Fsp3) is 0.222. The maximum Gasteiger partial charge on any atom is 0.233 e. The first-order valence-electron chi connectivity index (χ1n) is 7.73. The first-order chi connectivity index (χ1) is 12.4. The molecule has 0 heterocycles. The molecule has 138 valence electrons. The Kier molecular flexibility index (Phi) is 6.60. The third-order valence-corrected chi connectivity index (χ3v) is 3.50. The lowest BCUT2D eigenvalue weighted by Gasteiger charge is -2.08. The predicted molar refractivity (Wildman–Crippen MR) is 89.3 cm³/mol. The Balaban J connectivity index is 1.80. The fourth-order valence-electron chi connectivity index (χ4n) is 2.20. The van der Waals surface area contributed by atoms with Crippen molar-refractivity contribution >= 4 is 17.5 Å². The molecule has 0 atom stereocenters.